The van der Waals surface area contributed by atoms with E-state index in [9.17, 15) is 4.79 Å². The molecule has 0 aliphatic carbocycles. The summed E-state index contributed by atoms with van der Waals surface area (Å²) in [6, 6.07) is 6.54. The number of pyridine rings is 1. The maximum absolute atomic E-state index is 11.7. The van der Waals surface area contributed by atoms with Gasteiger partial charge >= 0.3 is 0 Å². The molecule has 0 aliphatic heterocycles. The molecular formula is C10H10N6O. The number of carbonyl (C=O) groups excluding carboxylic acids is 1. The van der Waals surface area contributed by atoms with Crippen molar-refractivity contribution in [2.45, 2.75) is 0 Å². The van der Waals surface area contributed by atoms with Crippen LogP contribution < -0.4 is 16.6 Å². The second-order valence-electron chi connectivity index (χ2n) is 3.14. The van der Waals surface area contributed by atoms with Gasteiger partial charge in [-0.1, -0.05) is 0 Å². The fourth-order valence-electron chi connectivity index (χ4n) is 1.16. The van der Waals surface area contributed by atoms with Gasteiger partial charge in [0, 0.05) is 6.20 Å². The van der Waals surface area contributed by atoms with Gasteiger partial charge in [0.1, 0.15) is 0 Å². The molecule has 2 aromatic heterocycles. The highest BCUT2D eigenvalue weighted by Crippen LogP contribution is 2.06. The molecule has 0 aliphatic rings. The Labute approximate surface area is 97.1 Å². The average Bonchev–Trinajstić information content (AvgIpc) is 2.40. The molecule has 4 N–H and O–H groups in total. The van der Waals surface area contributed by atoms with Crippen molar-refractivity contribution in [3.63, 3.8) is 0 Å². The SMILES string of the molecule is NNc1ccc(C(=O)Nc2cccnc2)nn1. The second kappa shape index (κ2) is 4.99. The molecule has 7 heteroatoms. The minimum absolute atomic E-state index is 0.202. The van der Waals surface area contributed by atoms with Gasteiger partial charge in [-0.3, -0.25) is 9.78 Å². The summed E-state index contributed by atoms with van der Waals surface area (Å²) in [5.74, 6) is 5.18. The van der Waals surface area contributed by atoms with Crippen LogP contribution in [0.2, 0.25) is 0 Å². The molecule has 7 nitrogen and oxygen atoms in total. The number of hydrazine groups is 1. The largest absolute Gasteiger partial charge is 0.319 e. The van der Waals surface area contributed by atoms with Crippen LogP contribution in [0.4, 0.5) is 11.5 Å². The summed E-state index contributed by atoms with van der Waals surface area (Å²) in [5, 5.41) is 10.1. The molecular weight excluding hydrogens is 220 g/mol. The number of nitrogens with two attached hydrogens (primary N) is 1. The lowest BCUT2D eigenvalue weighted by atomic mass is 10.3. The van der Waals surface area contributed by atoms with Gasteiger partial charge in [-0.2, -0.15) is 0 Å². The average molecular weight is 230 g/mol. The lowest BCUT2D eigenvalue weighted by Gasteiger charge is -2.03. The molecule has 2 heterocycles. The van der Waals surface area contributed by atoms with Gasteiger partial charge in [-0.05, 0) is 24.3 Å². The van der Waals surface area contributed by atoms with Crippen LogP contribution in [0.1, 0.15) is 10.5 Å². The molecule has 0 saturated carbocycles. The molecule has 0 radical (unpaired) electrons. The van der Waals surface area contributed by atoms with Crippen molar-refractivity contribution in [1.82, 2.24) is 15.2 Å². The van der Waals surface area contributed by atoms with Crippen LogP contribution in [-0.2, 0) is 0 Å². The number of aromatic nitrogens is 3. The van der Waals surface area contributed by atoms with Crippen LogP contribution in [0, 0.1) is 0 Å². The number of rotatable bonds is 3. The third-order valence-electron chi connectivity index (χ3n) is 1.96. The number of carbonyl (C=O) groups is 1. The number of nitrogen functional groups attached to an aromatic ring is 1. The highest BCUT2D eigenvalue weighted by atomic mass is 16.1. The molecule has 0 saturated heterocycles. The van der Waals surface area contributed by atoms with E-state index in [-0.39, 0.29) is 11.6 Å². The van der Waals surface area contributed by atoms with Gasteiger partial charge in [0.25, 0.3) is 5.91 Å². The van der Waals surface area contributed by atoms with E-state index in [0.717, 1.165) is 0 Å². The zero-order valence-electron chi connectivity index (χ0n) is 8.79. The molecule has 0 unspecified atom stereocenters. The first-order chi connectivity index (χ1) is 8.29. The number of hydrogen-bond donors (Lipinski definition) is 3. The lowest BCUT2D eigenvalue weighted by molar-refractivity contribution is 0.102. The first-order valence-corrected chi connectivity index (χ1v) is 4.81. The molecule has 0 bridgehead atoms. The van der Waals surface area contributed by atoms with Crippen molar-refractivity contribution in [3.8, 4) is 0 Å². The van der Waals surface area contributed by atoms with E-state index in [4.69, 9.17) is 5.84 Å². The van der Waals surface area contributed by atoms with Crippen LogP contribution in [0.15, 0.2) is 36.7 Å². The van der Waals surface area contributed by atoms with Crippen molar-refractivity contribution in [3.05, 3.63) is 42.4 Å². The zero-order valence-corrected chi connectivity index (χ0v) is 8.79. The summed E-state index contributed by atoms with van der Waals surface area (Å²) in [7, 11) is 0. The van der Waals surface area contributed by atoms with E-state index >= 15 is 0 Å². The minimum atomic E-state index is -0.353. The van der Waals surface area contributed by atoms with Gasteiger partial charge < -0.3 is 10.7 Å². The van der Waals surface area contributed by atoms with Crippen LogP contribution >= 0.6 is 0 Å². The Morgan fingerprint density at radius 2 is 2.12 bits per heavy atom. The van der Waals surface area contributed by atoms with Crippen molar-refractivity contribution in [2.75, 3.05) is 10.7 Å². The molecule has 0 aromatic carbocycles. The summed E-state index contributed by atoms with van der Waals surface area (Å²) >= 11 is 0. The van der Waals surface area contributed by atoms with E-state index < -0.39 is 0 Å². The predicted molar refractivity (Wildman–Crippen MR) is 62.0 cm³/mol. The summed E-state index contributed by atoms with van der Waals surface area (Å²) in [4.78, 5) is 15.6. The number of nitrogens with zero attached hydrogens (tertiary/aromatic N) is 3. The summed E-state index contributed by atoms with van der Waals surface area (Å²) < 4.78 is 0. The Balaban J connectivity index is 2.09. The van der Waals surface area contributed by atoms with Gasteiger partial charge in [-0.25, -0.2) is 5.84 Å². The maximum atomic E-state index is 11.7. The Morgan fingerprint density at radius 1 is 1.24 bits per heavy atom. The van der Waals surface area contributed by atoms with E-state index in [1.807, 2.05) is 0 Å². The van der Waals surface area contributed by atoms with E-state index in [1.165, 1.54) is 6.07 Å². The molecule has 86 valence electrons. The third kappa shape index (κ3) is 2.73. The van der Waals surface area contributed by atoms with Crippen LogP contribution in [0.3, 0.4) is 0 Å². The zero-order chi connectivity index (χ0) is 12.1. The van der Waals surface area contributed by atoms with Crippen molar-refractivity contribution in [1.29, 1.82) is 0 Å². The quantitative estimate of drug-likeness (QED) is 0.521. The smallest absolute Gasteiger partial charge is 0.276 e. The number of hydrogen-bond acceptors (Lipinski definition) is 6. The Hall–Kier alpha value is -2.54. The lowest BCUT2D eigenvalue weighted by Crippen LogP contribution is -2.16. The number of anilines is 2. The molecule has 0 spiro atoms. The molecule has 1 amide bonds. The van der Waals surface area contributed by atoms with Crippen LogP contribution in [0.25, 0.3) is 0 Å². The van der Waals surface area contributed by atoms with Gasteiger partial charge in [-0.15, -0.1) is 10.2 Å². The minimum Gasteiger partial charge on any atom is -0.319 e. The predicted octanol–water partition coefficient (Wildman–Crippen LogP) is 0.410. The van der Waals surface area contributed by atoms with E-state index in [1.54, 1.807) is 30.6 Å². The topological polar surface area (TPSA) is 106 Å². The Kier molecular flexibility index (Phi) is 3.22. The highest BCUT2D eigenvalue weighted by molar-refractivity contribution is 6.02. The fraction of sp³-hybridized carbons (Fsp3) is 0. The molecule has 0 fully saturated rings. The molecule has 2 aromatic rings. The summed E-state index contributed by atoms with van der Waals surface area (Å²) in [6.07, 6.45) is 3.16. The van der Waals surface area contributed by atoms with Crippen molar-refractivity contribution in [2.24, 2.45) is 5.84 Å². The van der Waals surface area contributed by atoms with Crippen LogP contribution in [-0.4, -0.2) is 21.1 Å². The highest BCUT2D eigenvalue weighted by Gasteiger charge is 2.08. The van der Waals surface area contributed by atoms with Gasteiger partial charge in [0.15, 0.2) is 11.5 Å². The van der Waals surface area contributed by atoms with E-state index in [0.29, 0.717) is 11.5 Å². The van der Waals surface area contributed by atoms with Gasteiger partial charge in [0.2, 0.25) is 0 Å². The standard InChI is InChI=1S/C10H10N6O/c11-14-9-4-3-8(15-16-9)10(17)13-7-2-1-5-12-6-7/h1-6H,11H2,(H,13,17)(H,14,16). The first kappa shape index (κ1) is 11.0. The van der Waals surface area contributed by atoms with Crippen molar-refractivity contribution < 1.29 is 4.79 Å². The monoisotopic (exact) mass is 230 g/mol. The molecule has 2 rings (SSSR count). The van der Waals surface area contributed by atoms with Crippen molar-refractivity contribution >= 4 is 17.4 Å². The number of nitrogens with one attached hydrogen (secondary N) is 2. The maximum Gasteiger partial charge on any atom is 0.276 e. The summed E-state index contributed by atoms with van der Waals surface area (Å²) in [5.41, 5.74) is 3.13. The second-order valence-corrected chi connectivity index (χ2v) is 3.14. The molecule has 17 heavy (non-hydrogen) atoms. The first-order valence-electron chi connectivity index (χ1n) is 4.81. The molecule has 0 atom stereocenters. The fourth-order valence-corrected chi connectivity index (χ4v) is 1.16. The third-order valence-corrected chi connectivity index (χ3v) is 1.96. The van der Waals surface area contributed by atoms with E-state index in [2.05, 4.69) is 25.9 Å². The normalized spacial score (nSPS) is 9.71. The van der Waals surface area contributed by atoms with Gasteiger partial charge in [0.05, 0.1) is 11.9 Å². The number of amides is 1. The Morgan fingerprint density at radius 3 is 2.71 bits per heavy atom. The summed E-state index contributed by atoms with van der Waals surface area (Å²) in [6.45, 7) is 0. The Bertz CT molecular complexity index is 498. The van der Waals surface area contributed by atoms with Crippen LogP contribution in [0.5, 0.6) is 0 Å².